The maximum atomic E-state index is 11.6. The molecule has 1 atom stereocenters. The van der Waals surface area contributed by atoms with Gasteiger partial charge in [0.1, 0.15) is 0 Å². The molecular formula is C12H17N3O3S. The monoisotopic (exact) mass is 283 g/mol. The second-order valence-electron chi connectivity index (χ2n) is 4.42. The van der Waals surface area contributed by atoms with Gasteiger partial charge in [0.25, 0.3) is 0 Å². The second kappa shape index (κ2) is 5.58. The van der Waals surface area contributed by atoms with Crippen LogP contribution in [0.4, 0.5) is 5.69 Å². The van der Waals surface area contributed by atoms with E-state index in [2.05, 4.69) is 15.4 Å². The maximum Gasteiger partial charge on any atom is 0.240 e. The fraction of sp³-hybridized carbons (Fsp3) is 0.417. The topological polar surface area (TPSA) is 87.3 Å². The molecule has 1 aromatic rings. The van der Waals surface area contributed by atoms with Crippen LogP contribution in [0.3, 0.4) is 0 Å². The molecule has 104 valence electrons. The normalized spacial score (nSPS) is 19.8. The van der Waals surface area contributed by atoms with Crippen LogP contribution in [0, 0.1) is 0 Å². The van der Waals surface area contributed by atoms with Crippen molar-refractivity contribution in [3.05, 3.63) is 24.3 Å². The molecule has 1 saturated heterocycles. The van der Waals surface area contributed by atoms with Gasteiger partial charge in [-0.3, -0.25) is 4.79 Å². The number of nitrogens with one attached hydrogen (secondary N) is 3. The summed E-state index contributed by atoms with van der Waals surface area (Å²) in [6.45, 7) is 0.593. The molecule has 0 saturated carbocycles. The highest BCUT2D eigenvalue weighted by atomic mass is 32.2. The van der Waals surface area contributed by atoms with E-state index in [4.69, 9.17) is 0 Å². The second-order valence-corrected chi connectivity index (χ2v) is 6.30. The first-order chi connectivity index (χ1) is 9.01. The molecule has 7 heteroatoms. The average molecular weight is 283 g/mol. The molecule has 2 rings (SSSR count). The summed E-state index contributed by atoms with van der Waals surface area (Å²) >= 11 is 0. The van der Waals surface area contributed by atoms with Gasteiger partial charge in [0.2, 0.25) is 15.9 Å². The van der Waals surface area contributed by atoms with E-state index < -0.39 is 10.0 Å². The number of piperidine rings is 1. The van der Waals surface area contributed by atoms with Crippen LogP contribution in [0.2, 0.25) is 0 Å². The van der Waals surface area contributed by atoms with Gasteiger partial charge in [0, 0.05) is 24.7 Å². The lowest BCUT2D eigenvalue weighted by atomic mass is 10.1. The molecule has 1 aliphatic heterocycles. The van der Waals surface area contributed by atoms with E-state index in [1.165, 1.54) is 7.05 Å². The first-order valence-corrected chi connectivity index (χ1v) is 7.56. The Kier molecular flexibility index (Phi) is 4.06. The van der Waals surface area contributed by atoms with Crippen molar-refractivity contribution >= 4 is 21.6 Å². The van der Waals surface area contributed by atoms with Crippen molar-refractivity contribution in [2.24, 2.45) is 0 Å². The Balaban J connectivity index is 2.01. The van der Waals surface area contributed by atoms with Crippen molar-refractivity contribution in [1.82, 2.24) is 10.0 Å². The van der Waals surface area contributed by atoms with E-state index in [0.29, 0.717) is 13.0 Å². The molecule has 0 aromatic heterocycles. The van der Waals surface area contributed by atoms with Crippen molar-refractivity contribution < 1.29 is 13.2 Å². The van der Waals surface area contributed by atoms with Crippen molar-refractivity contribution in [2.75, 3.05) is 18.9 Å². The SMILES string of the molecule is CNS(=O)(=O)c1ccc(NC2CCC(=O)NC2)cc1. The molecule has 0 bridgehead atoms. The van der Waals surface area contributed by atoms with Crippen molar-refractivity contribution in [3.8, 4) is 0 Å². The van der Waals surface area contributed by atoms with Crippen LogP contribution in [0.5, 0.6) is 0 Å². The van der Waals surface area contributed by atoms with E-state index in [0.717, 1.165) is 12.1 Å². The summed E-state index contributed by atoms with van der Waals surface area (Å²) in [5, 5.41) is 6.06. The summed E-state index contributed by atoms with van der Waals surface area (Å²) in [7, 11) is -2.01. The van der Waals surface area contributed by atoms with Crippen LogP contribution in [-0.4, -0.2) is 34.0 Å². The number of hydrogen-bond donors (Lipinski definition) is 3. The molecule has 0 aliphatic carbocycles. The van der Waals surface area contributed by atoms with Crippen LogP contribution in [-0.2, 0) is 14.8 Å². The number of hydrogen-bond acceptors (Lipinski definition) is 4. The highest BCUT2D eigenvalue weighted by Crippen LogP contribution is 2.16. The molecule has 1 aromatic carbocycles. The van der Waals surface area contributed by atoms with Gasteiger partial charge in [0.15, 0.2) is 0 Å². The zero-order valence-corrected chi connectivity index (χ0v) is 11.5. The lowest BCUT2D eigenvalue weighted by molar-refractivity contribution is -0.122. The quantitative estimate of drug-likeness (QED) is 0.741. The van der Waals surface area contributed by atoms with E-state index in [9.17, 15) is 13.2 Å². The molecule has 1 amide bonds. The Hall–Kier alpha value is -1.60. The number of rotatable bonds is 4. The Morgan fingerprint density at radius 1 is 1.26 bits per heavy atom. The number of sulfonamides is 1. The molecule has 3 N–H and O–H groups in total. The van der Waals surface area contributed by atoms with Gasteiger partial charge in [-0.1, -0.05) is 0 Å². The minimum atomic E-state index is -3.39. The highest BCUT2D eigenvalue weighted by molar-refractivity contribution is 7.89. The fourth-order valence-corrected chi connectivity index (χ4v) is 2.67. The summed E-state index contributed by atoms with van der Waals surface area (Å²) in [5.74, 6) is 0.0773. The number of carbonyl (C=O) groups is 1. The predicted octanol–water partition coefficient (Wildman–Crippen LogP) is 0.285. The Labute approximate surface area is 112 Å². The highest BCUT2D eigenvalue weighted by Gasteiger charge is 2.17. The molecular weight excluding hydrogens is 266 g/mol. The molecule has 1 heterocycles. The molecule has 19 heavy (non-hydrogen) atoms. The van der Waals surface area contributed by atoms with E-state index in [1.54, 1.807) is 24.3 Å². The summed E-state index contributed by atoms with van der Waals surface area (Å²) in [6, 6.07) is 6.73. The van der Waals surface area contributed by atoms with Crippen LogP contribution in [0.1, 0.15) is 12.8 Å². The zero-order chi connectivity index (χ0) is 13.9. The lowest BCUT2D eigenvalue weighted by Gasteiger charge is -2.24. The van der Waals surface area contributed by atoms with E-state index in [-0.39, 0.29) is 16.8 Å². The van der Waals surface area contributed by atoms with Gasteiger partial charge in [-0.25, -0.2) is 13.1 Å². The molecule has 1 aliphatic rings. The first-order valence-electron chi connectivity index (χ1n) is 6.08. The molecule has 6 nitrogen and oxygen atoms in total. The fourth-order valence-electron chi connectivity index (χ4n) is 1.94. The average Bonchev–Trinajstić information content (AvgIpc) is 2.42. The van der Waals surface area contributed by atoms with Crippen LogP contribution < -0.4 is 15.4 Å². The molecule has 1 unspecified atom stereocenters. The van der Waals surface area contributed by atoms with Gasteiger partial charge in [-0.2, -0.15) is 0 Å². The standard InChI is InChI=1S/C12H17N3O3S/c1-13-19(17,18)11-5-2-9(3-6-11)15-10-4-7-12(16)14-8-10/h2-3,5-6,10,13,15H,4,7-8H2,1H3,(H,14,16). The molecule has 0 radical (unpaired) electrons. The van der Waals surface area contributed by atoms with Crippen molar-refractivity contribution in [1.29, 1.82) is 0 Å². The van der Waals surface area contributed by atoms with Gasteiger partial charge in [-0.05, 0) is 37.7 Å². The van der Waals surface area contributed by atoms with Gasteiger partial charge in [0.05, 0.1) is 4.90 Å². The van der Waals surface area contributed by atoms with Crippen LogP contribution >= 0.6 is 0 Å². The zero-order valence-electron chi connectivity index (χ0n) is 10.6. The summed E-state index contributed by atoms with van der Waals surface area (Å²) in [5.41, 5.74) is 0.844. The smallest absolute Gasteiger partial charge is 0.240 e. The Morgan fingerprint density at radius 2 is 1.95 bits per heavy atom. The molecule has 1 fully saturated rings. The maximum absolute atomic E-state index is 11.6. The molecule has 0 spiro atoms. The van der Waals surface area contributed by atoms with Crippen LogP contribution in [0.15, 0.2) is 29.2 Å². The third-order valence-electron chi connectivity index (χ3n) is 3.07. The van der Waals surface area contributed by atoms with Gasteiger partial charge >= 0.3 is 0 Å². The minimum absolute atomic E-state index is 0.0773. The van der Waals surface area contributed by atoms with E-state index >= 15 is 0 Å². The number of amides is 1. The lowest BCUT2D eigenvalue weighted by Crippen LogP contribution is -2.41. The van der Waals surface area contributed by atoms with Crippen molar-refractivity contribution in [2.45, 2.75) is 23.8 Å². The number of carbonyl (C=O) groups excluding carboxylic acids is 1. The summed E-state index contributed by atoms with van der Waals surface area (Å²) in [6.07, 6.45) is 1.30. The van der Waals surface area contributed by atoms with Gasteiger partial charge in [-0.15, -0.1) is 0 Å². The van der Waals surface area contributed by atoms with E-state index in [1.807, 2.05) is 0 Å². The minimum Gasteiger partial charge on any atom is -0.381 e. The number of benzene rings is 1. The summed E-state index contributed by atoms with van der Waals surface area (Å²) in [4.78, 5) is 11.3. The number of anilines is 1. The Bertz CT molecular complexity index is 544. The van der Waals surface area contributed by atoms with Crippen molar-refractivity contribution in [3.63, 3.8) is 0 Å². The predicted molar refractivity (Wildman–Crippen MR) is 72.3 cm³/mol. The summed E-state index contributed by atoms with van der Waals surface area (Å²) < 4.78 is 25.4. The Morgan fingerprint density at radius 3 is 2.47 bits per heavy atom. The van der Waals surface area contributed by atoms with Crippen LogP contribution in [0.25, 0.3) is 0 Å². The largest absolute Gasteiger partial charge is 0.381 e. The first kappa shape index (κ1) is 13.8. The third kappa shape index (κ3) is 3.45. The van der Waals surface area contributed by atoms with Gasteiger partial charge < -0.3 is 10.6 Å². The third-order valence-corrected chi connectivity index (χ3v) is 4.50.